The van der Waals surface area contributed by atoms with Crippen molar-refractivity contribution in [1.82, 2.24) is 4.98 Å². The van der Waals surface area contributed by atoms with E-state index >= 15 is 0 Å². The Bertz CT molecular complexity index is 320. The summed E-state index contributed by atoms with van der Waals surface area (Å²) in [7, 11) is 0. The standard InChI is InChI=1S/C7H3F3INO/c8-4-1-5(6(9)10)12-7(11)3(4)2-13/h1-2,6H. The van der Waals surface area contributed by atoms with Gasteiger partial charge in [0.05, 0.1) is 5.56 Å². The largest absolute Gasteiger partial charge is 0.298 e. The molecule has 1 heterocycles. The van der Waals surface area contributed by atoms with E-state index in [2.05, 4.69) is 4.98 Å². The third-order valence-corrected chi connectivity index (χ3v) is 2.15. The molecule has 1 aromatic heterocycles. The van der Waals surface area contributed by atoms with Crippen molar-refractivity contribution < 1.29 is 18.0 Å². The van der Waals surface area contributed by atoms with Crippen LogP contribution in [-0.4, -0.2) is 11.3 Å². The van der Waals surface area contributed by atoms with Gasteiger partial charge in [-0.15, -0.1) is 0 Å². The lowest BCUT2D eigenvalue weighted by Crippen LogP contribution is -2.01. The maximum atomic E-state index is 12.9. The van der Waals surface area contributed by atoms with Crippen molar-refractivity contribution in [3.63, 3.8) is 0 Å². The van der Waals surface area contributed by atoms with Crippen LogP contribution < -0.4 is 0 Å². The summed E-state index contributed by atoms with van der Waals surface area (Å²) in [6.45, 7) is 0. The number of hydrogen-bond donors (Lipinski definition) is 0. The van der Waals surface area contributed by atoms with E-state index < -0.39 is 17.9 Å². The molecule has 2 nitrogen and oxygen atoms in total. The van der Waals surface area contributed by atoms with Crippen LogP contribution in [0.3, 0.4) is 0 Å². The fourth-order valence-electron chi connectivity index (χ4n) is 0.729. The number of nitrogens with zero attached hydrogens (tertiary/aromatic N) is 1. The van der Waals surface area contributed by atoms with E-state index in [0.717, 1.165) is 0 Å². The van der Waals surface area contributed by atoms with Crippen LogP contribution >= 0.6 is 22.6 Å². The van der Waals surface area contributed by atoms with Gasteiger partial charge in [0.15, 0.2) is 6.29 Å². The molecule has 0 radical (unpaired) electrons. The van der Waals surface area contributed by atoms with Gasteiger partial charge in [-0.05, 0) is 22.6 Å². The second-order valence-electron chi connectivity index (χ2n) is 2.15. The first-order valence-electron chi connectivity index (χ1n) is 3.15. The lowest BCUT2D eigenvalue weighted by atomic mass is 10.2. The highest BCUT2D eigenvalue weighted by atomic mass is 127. The summed E-state index contributed by atoms with van der Waals surface area (Å²) >= 11 is 1.53. The second-order valence-corrected chi connectivity index (χ2v) is 3.17. The third-order valence-electron chi connectivity index (χ3n) is 1.32. The predicted molar refractivity (Wildman–Crippen MR) is 47.3 cm³/mol. The molecule has 1 aromatic rings. The van der Waals surface area contributed by atoms with Gasteiger partial charge in [-0.2, -0.15) is 0 Å². The van der Waals surface area contributed by atoms with Crippen molar-refractivity contribution in [3.05, 3.63) is 26.8 Å². The van der Waals surface area contributed by atoms with E-state index in [4.69, 9.17) is 0 Å². The molecule has 13 heavy (non-hydrogen) atoms. The fourth-order valence-corrected chi connectivity index (χ4v) is 1.39. The summed E-state index contributed by atoms with van der Waals surface area (Å²) in [6.07, 6.45) is -2.58. The Labute approximate surface area is 85.3 Å². The number of rotatable bonds is 2. The van der Waals surface area contributed by atoms with E-state index in [1.165, 1.54) is 22.6 Å². The zero-order valence-corrected chi connectivity index (χ0v) is 8.26. The first kappa shape index (κ1) is 10.4. The molecule has 0 aliphatic heterocycles. The van der Waals surface area contributed by atoms with E-state index in [0.29, 0.717) is 6.07 Å². The molecule has 0 saturated carbocycles. The molecule has 0 saturated heterocycles. The highest BCUT2D eigenvalue weighted by Gasteiger charge is 2.15. The van der Waals surface area contributed by atoms with E-state index in [1.54, 1.807) is 0 Å². The normalized spacial score (nSPS) is 10.5. The predicted octanol–water partition coefficient (Wildman–Crippen LogP) is 2.58. The number of carbonyl (C=O) groups is 1. The Morgan fingerprint density at radius 2 is 2.15 bits per heavy atom. The average molecular weight is 301 g/mol. The molecule has 0 bridgehead atoms. The molecule has 0 amide bonds. The Morgan fingerprint density at radius 3 is 2.54 bits per heavy atom. The van der Waals surface area contributed by atoms with Crippen LogP contribution in [0.5, 0.6) is 0 Å². The highest BCUT2D eigenvalue weighted by Crippen LogP contribution is 2.21. The lowest BCUT2D eigenvalue weighted by molar-refractivity contribution is 0.111. The lowest BCUT2D eigenvalue weighted by Gasteiger charge is -2.02. The number of carbonyl (C=O) groups excluding carboxylic acids is 1. The van der Waals surface area contributed by atoms with Gasteiger partial charge >= 0.3 is 0 Å². The Hall–Kier alpha value is -0.660. The molecule has 0 aliphatic rings. The first-order chi connectivity index (χ1) is 6.06. The zero-order valence-electron chi connectivity index (χ0n) is 6.10. The summed E-state index contributed by atoms with van der Waals surface area (Å²) in [5, 5.41) is 0. The first-order valence-corrected chi connectivity index (χ1v) is 4.23. The molecule has 0 atom stereocenters. The molecule has 0 aliphatic carbocycles. The van der Waals surface area contributed by atoms with Gasteiger partial charge in [0.1, 0.15) is 15.2 Å². The maximum Gasteiger partial charge on any atom is 0.280 e. The Kier molecular flexibility index (Phi) is 3.23. The monoisotopic (exact) mass is 301 g/mol. The van der Waals surface area contributed by atoms with Crippen LogP contribution in [0.15, 0.2) is 6.07 Å². The van der Waals surface area contributed by atoms with Crippen LogP contribution in [0.1, 0.15) is 22.5 Å². The summed E-state index contributed by atoms with van der Waals surface area (Å²) in [5.41, 5.74) is -0.947. The van der Waals surface area contributed by atoms with Gasteiger partial charge in [-0.3, -0.25) is 4.79 Å². The van der Waals surface area contributed by atoms with Gasteiger partial charge in [-0.1, -0.05) is 0 Å². The molecule has 0 fully saturated rings. The molecule has 0 unspecified atom stereocenters. The molecule has 70 valence electrons. The van der Waals surface area contributed by atoms with E-state index in [1.807, 2.05) is 0 Å². The van der Waals surface area contributed by atoms with Crippen molar-refractivity contribution >= 4 is 28.9 Å². The number of alkyl halides is 2. The third kappa shape index (κ3) is 2.17. The van der Waals surface area contributed by atoms with E-state index in [9.17, 15) is 18.0 Å². The van der Waals surface area contributed by atoms with Crippen molar-refractivity contribution in [2.24, 2.45) is 0 Å². The fraction of sp³-hybridized carbons (Fsp3) is 0.143. The van der Waals surface area contributed by atoms with Gasteiger partial charge in [0.25, 0.3) is 6.43 Å². The van der Waals surface area contributed by atoms with Gasteiger partial charge < -0.3 is 0 Å². The average Bonchev–Trinajstić information content (AvgIpc) is 2.03. The molecule has 0 aromatic carbocycles. The minimum Gasteiger partial charge on any atom is -0.298 e. The van der Waals surface area contributed by atoms with Gasteiger partial charge in [0.2, 0.25) is 0 Å². The number of aldehydes is 1. The number of pyridine rings is 1. The number of aromatic nitrogens is 1. The molecular formula is C7H3F3INO. The van der Waals surface area contributed by atoms with Crippen molar-refractivity contribution in [3.8, 4) is 0 Å². The Morgan fingerprint density at radius 1 is 1.54 bits per heavy atom. The number of halogens is 4. The molecule has 1 rings (SSSR count). The number of hydrogen-bond acceptors (Lipinski definition) is 2. The maximum absolute atomic E-state index is 12.9. The highest BCUT2D eigenvalue weighted by molar-refractivity contribution is 14.1. The molecule has 0 spiro atoms. The zero-order chi connectivity index (χ0) is 10.0. The van der Waals surface area contributed by atoms with Gasteiger partial charge in [-0.25, -0.2) is 18.2 Å². The van der Waals surface area contributed by atoms with Gasteiger partial charge in [0, 0.05) is 6.07 Å². The van der Waals surface area contributed by atoms with Crippen molar-refractivity contribution in [1.29, 1.82) is 0 Å². The summed E-state index contributed by atoms with van der Waals surface area (Å²) in [5.74, 6) is -0.968. The minimum absolute atomic E-state index is 0.0529. The molecule has 0 N–H and O–H groups in total. The Balaban J connectivity index is 3.28. The molecule has 6 heteroatoms. The minimum atomic E-state index is -2.83. The van der Waals surface area contributed by atoms with Crippen LogP contribution in [0.4, 0.5) is 13.2 Å². The van der Waals surface area contributed by atoms with Crippen LogP contribution in [0.2, 0.25) is 0 Å². The van der Waals surface area contributed by atoms with Crippen molar-refractivity contribution in [2.45, 2.75) is 6.43 Å². The van der Waals surface area contributed by atoms with Crippen LogP contribution in [0.25, 0.3) is 0 Å². The topological polar surface area (TPSA) is 30.0 Å². The summed E-state index contributed by atoms with van der Waals surface area (Å²) < 4.78 is 36.9. The van der Waals surface area contributed by atoms with Crippen LogP contribution in [-0.2, 0) is 0 Å². The molecular weight excluding hydrogens is 298 g/mol. The van der Waals surface area contributed by atoms with Crippen molar-refractivity contribution in [2.75, 3.05) is 0 Å². The quantitative estimate of drug-likeness (QED) is 0.477. The smallest absolute Gasteiger partial charge is 0.280 e. The summed E-state index contributed by atoms with van der Waals surface area (Å²) in [4.78, 5) is 13.6. The van der Waals surface area contributed by atoms with E-state index in [-0.39, 0.29) is 15.6 Å². The van der Waals surface area contributed by atoms with Crippen LogP contribution in [0, 0.1) is 9.52 Å². The second kappa shape index (κ2) is 4.03. The summed E-state index contributed by atoms with van der Waals surface area (Å²) in [6, 6.07) is 0.566. The SMILES string of the molecule is O=Cc1c(F)cc(C(F)F)nc1I.